The lowest BCUT2D eigenvalue weighted by Gasteiger charge is -2.26. The summed E-state index contributed by atoms with van der Waals surface area (Å²) in [4.78, 5) is 14.4. The molecule has 0 radical (unpaired) electrons. The van der Waals surface area contributed by atoms with Crippen LogP contribution in [0.2, 0.25) is 10.0 Å². The van der Waals surface area contributed by atoms with Gasteiger partial charge in [-0.25, -0.2) is 0 Å². The minimum Gasteiger partial charge on any atom is -0.348 e. The molecular formula is C14H18Cl2N2O. The summed E-state index contributed by atoms with van der Waals surface area (Å²) in [6.45, 7) is 0. The predicted molar refractivity (Wildman–Crippen MR) is 79.0 cm³/mol. The Kier molecular flexibility index (Phi) is 4.71. The van der Waals surface area contributed by atoms with Gasteiger partial charge in [0.15, 0.2) is 0 Å². The predicted octanol–water partition coefficient (Wildman–Crippen LogP) is 3.21. The molecule has 1 aliphatic carbocycles. The van der Waals surface area contributed by atoms with Gasteiger partial charge in [0.2, 0.25) is 0 Å². The first-order chi connectivity index (χ1) is 8.99. The van der Waals surface area contributed by atoms with Crippen LogP contribution in [0.1, 0.15) is 29.6 Å². The zero-order chi connectivity index (χ0) is 14.0. The van der Waals surface area contributed by atoms with Crippen molar-refractivity contribution in [1.29, 1.82) is 0 Å². The van der Waals surface area contributed by atoms with Crippen LogP contribution in [0, 0.1) is 0 Å². The lowest BCUT2D eigenvalue weighted by Crippen LogP contribution is -2.46. The summed E-state index contributed by atoms with van der Waals surface area (Å²) in [7, 11) is 4.10. The van der Waals surface area contributed by atoms with Crippen molar-refractivity contribution in [3.63, 3.8) is 0 Å². The van der Waals surface area contributed by atoms with Crippen LogP contribution in [0.3, 0.4) is 0 Å². The normalized spacial score (nSPS) is 22.8. The number of benzene rings is 1. The largest absolute Gasteiger partial charge is 0.348 e. The van der Waals surface area contributed by atoms with Gasteiger partial charge in [-0.05, 0) is 51.6 Å². The van der Waals surface area contributed by atoms with Gasteiger partial charge in [0, 0.05) is 17.6 Å². The molecule has 1 aromatic rings. The molecular weight excluding hydrogens is 283 g/mol. The van der Waals surface area contributed by atoms with Crippen LogP contribution in [0.5, 0.6) is 0 Å². The van der Waals surface area contributed by atoms with Gasteiger partial charge in [0.1, 0.15) is 0 Å². The summed E-state index contributed by atoms with van der Waals surface area (Å²) in [5.74, 6) is -0.0858. The quantitative estimate of drug-likeness (QED) is 0.930. The highest BCUT2D eigenvalue weighted by Crippen LogP contribution is 2.25. The highest BCUT2D eigenvalue weighted by atomic mass is 35.5. The molecule has 0 bridgehead atoms. The van der Waals surface area contributed by atoms with Crippen LogP contribution in [-0.2, 0) is 0 Å². The van der Waals surface area contributed by atoms with Crippen molar-refractivity contribution in [1.82, 2.24) is 10.2 Å². The Morgan fingerprint density at radius 1 is 1.26 bits per heavy atom. The van der Waals surface area contributed by atoms with E-state index in [9.17, 15) is 4.79 Å². The number of amides is 1. The molecule has 0 unspecified atom stereocenters. The zero-order valence-electron chi connectivity index (χ0n) is 11.1. The molecule has 0 saturated heterocycles. The van der Waals surface area contributed by atoms with E-state index in [1.807, 2.05) is 14.1 Å². The van der Waals surface area contributed by atoms with E-state index >= 15 is 0 Å². The molecule has 1 saturated carbocycles. The molecule has 1 aromatic carbocycles. The van der Waals surface area contributed by atoms with Crippen molar-refractivity contribution in [3.05, 3.63) is 33.8 Å². The van der Waals surface area contributed by atoms with Gasteiger partial charge in [-0.1, -0.05) is 23.2 Å². The van der Waals surface area contributed by atoms with E-state index in [2.05, 4.69) is 10.2 Å². The van der Waals surface area contributed by atoms with E-state index in [4.69, 9.17) is 23.2 Å². The van der Waals surface area contributed by atoms with Gasteiger partial charge in [-0.2, -0.15) is 0 Å². The number of nitrogens with zero attached hydrogens (tertiary/aromatic N) is 1. The number of halogens is 2. The molecule has 1 N–H and O–H groups in total. The first kappa shape index (κ1) is 14.6. The van der Waals surface area contributed by atoms with E-state index in [0.717, 1.165) is 19.3 Å². The van der Waals surface area contributed by atoms with Crippen molar-refractivity contribution < 1.29 is 4.79 Å². The minimum absolute atomic E-state index is 0.0858. The van der Waals surface area contributed by atoms with Gasteiger partial charge in [-0.15, -0.1) is 0 Å². The van der Waals surface area contributed by atoms with Gasteiger partial charge >= 0.3 is 0 Å². The van der Waals surface area contributed by atoms with Gasteiger partial charge in [0.25, 0.3) is 5.91 Å². The minimum atomic E-state index is -0.0858. The molecule has 1 aliphatic rings. The Hall–Kier alpha value is -0.770. The van der Waals surface area contributed by atoms with Crippen molar-refractivity contribution in [3.8, 4) is 0 Å². The molecule has 1 fully saturated rings. The third-order valence-electron chi connectivity index (χ3n) is 3.64. The van der Waals surface area contributed by atoms with Crippen molar-refractivity contribution >= 4 is 29.1 Å². The van der Waals surface area contributed by atoms with Crippen LogP contribution in [-0.4, -0.2) is 37.0 Å². The number of carbonyl (C=O) groups excluding carboxylic acids is 1. The molecule has 2 rings (SSSR count). The summed E-state index contributed by atoms with van der Waals surface area (Å²) in [5, 5.41) is 3.96. The average Bonchev–Trinajstić information content (AvgIpc) is 2.80. The Bertz CT molecular complexity index is 477. The van der Waals surface area contributed by atoms with Gasteiger partial charge in [0.05, 0.1) is 10.0 Å². The Morgan fingerprint density at radius 2 is 2.00 bits per heavy atom. The molecule has 1 amide bonds. The van der Waals surface area contributed by atoms with E-state index < -0.39 is 0 Å². The summed E-state index contributed by atoms with van der Waals surface area (Å²) >= 11 is 11.8. The zero-order valence-corrected chi connectivity index (χ0v) is 12.6. The number of nitrogens with one attached hydrogen (secondary N) is 1. The highest BCUT2D eigenvalue weighted by molar-refractivity contribution is 6.42. The molecule has 0 spiro atoms. The second-order valence-corrected chi connectivity index (χ2v) is 5.99. The van der Waals surface area contributed by atoms with Crippen molar-refractivity contribution in [2.24, 2.45) is 0 Å². The Morgan fingerprint density at radius 3 is 2.63 bits per heavy atom. The monoisotopic (exact) mass is 300 g/mol. The molecule has 2 atom stereocenters. The third kappa shape index (κ3) is 3.41. The fourth-order valence-electron chi connectivity index (χ4n) is 2.62. The van der Waals surface area contributed by atoms with E-state index in [1.165, 1.54) is 0 Å². The van der Waals surface area contributed by atoms with Crippen molar-refractivity contribution in [2.75, 3.05) is 14.1 Å². The van der Waals surface area contributed by atoms with E-state index in [1.54, 1.807) is 18.2 Å². The number of hydrogen-bond donors (Lipinski definition) is 1. The molecule has 0 aliphatic heterocycles. The average molecular weight is 301 g/mol. The number of hydrogen-bond acceptors (Lipinski definition) is 2. The molecule has 19 heavy (non-hydrogen) atoms. The second-order valence-electron chi connectivity index (χ2n) is 5.17. The van der Waals surface area contributed by atoms with Crippen LogP contribution >= 0.6 is 23.2 Å². The van der Waals surface area contributed by atoms with Crippen LogP contribution < -0.4 is 5.32 Å². The lowest BCUT2D eigenvalue weighted by atomic mass is 10.1. The van der Waals surface area contributed by atoms with Gasteiger partial charge < -0.3 is 10.2 Å². The number of likely N-dealkylation sites (N-methyl/N-ethyl adjacent to an activating group) is 1. The summed E-state index contributed by atoms with van der Waals surface area (Å²) in [6, 6.07) is 5.57. The lowest BCUT2D eigenvalue weighted by molar-refractivity contribution is 0.0919. The molecule has 0 heterocycles. The second kappa shape index (κ2) is 6.12. The maximum Gasteiger partial charge on any atom is 0.251 e. The third-order valence-corrected chi connectivity index (χ3v) is 4.38. The molecule has 104 valence electrons. The molecule has 3 nitrogen and oxygen atoms in total. The summed E-state index contributed by atoms with van der Waals surface area (Å²) in [6.07, 6.45) is 3.30. The summed E-state index contributed by atoms with van der Waals surface area (Å²) < 4.78 is 0. The Balaban J connectivity index is 2.06. The smallest absolute Gasteiger partial charge is 0.251 e. The number of carbonyl (C=O) groups is 1. The fraction of sp³-hybridized carbons (Fsp3) is 0.500. The SMILES string of the molecule is CN(C)[C@@H]1CCC[C@H]1NC(=O)c1ccc(Cl)c(Cl)c1. The van der Waals surface area contributed by atoms with Crippen LogP contribution in [0.25, 0.3) is 0 Å². The van der Waals surface area contributed by atoms with Crippen molar-refractivity contribution in [2.45, 2.75) is 31.3 Å². The van der Waals surface area contributed by atoms with E-state index in [-0.39, 0.29) is 11.9 Å². The van der Waals surface area contributed by atoms with Crippen LogP contribution in [0.15, 0.2) is 18.2 Å². The number of rotatable bonds is 3. The Labute approximate surface area is 123 Å². The van der Waals surface area contributed by atoms with Crippen LogP contribution in [0.4, 0.5) is 0 Å². The van der Waals surface area contributed by atoms with Gasteiger partial charge in [-0.3, -0.25) is 4.79 Å². The maximum atomic E-state index is 12.2. The summed E-state index contributed by atoms with van der Waals surface area (Å²) in [5.41, 5.74) is 0.554. The van der Waals surface area contributed by atoms with E-state index in [0.29, 0.717) is 21.7 Å². The molecule has 0 aromatic heterocycles. The first-order valence-corrected chi connectivity index (χ1v) is 7.17. The first-order valence-electron chi connectivity index (χ1n) is 6.41. The fourth-order valence-corrected chi connectivity index (χ4v) is 2.91. The highest BCUT2D eigenvalue weighted by Gasteiger charge is 2.30. The maximum absolute atomic E-state index is 12.2. The molecule has 5 heteroatoms. The topological polar surface area (TPSA) is 32.3 Å². The standard InChI is InChI=1S/C14H18Cl2N2O/c1-18(2)13-5-3-4-12(13)17-14(19)9-6-7-10(15)11(16)8-9/h6-8,12-13H,3-5H2,1-2H3,(H,17,19)/t12-,13-/m1/s1.